The zero-order chi connectivity index (χ0) is 16.2. The van der Waals surface area contributed by atoms with Crippen LogP contribution in [0.4, 0.5) is 0 Å². The number of aryl methyl sites for hydroxylation is 1. The summed E-state index contributed by atoms with van der Waals surface area (Å²) in [5, 5.41) is 19.1. The van der Waals surface area contributed by atoms with E-state index in [1.54, 1.807) is 0 Å². The predicted octanol–water partition coefficient (Wildman–Crippen LogP) is 3.68. The van der Waals surface area contributed by atoms with E-state index in [0.717, 1.165) is 59.8 Å². The second-order valence-electron chi connectivity index (χ2n) is 5.46. The summed E-state index contributed by atoms with van der Waals surface area (Å²) in [6, 6.07) is 12.1. The Labute approximate surface area is 139 Å². The van der Waals surface area contributed by atoms with E-state index in [2.05, 4.69) is 11.1 Å². The fraction of sp³-hybridized carbons (Fsp3) is 0.278. The van der Waals surface area contributed by atoms with Crippen molar-refractivity contribution in [3.05, 3.63) is 47.2 Å². The molecule has 0 amide bonds. The number of aromatic nitrogens is 1. The maximum atomic E-state index is 10.9. The Balaban J connectivity index is 2.20. The molecule has 23 heavy (non-hydrogen) atoms. The van der Waals surface area contributed by atoms with Crippen LogP contribution in [0.15, 0.2) is 35.4 Å². The molecule has 0 unspecified atom stereocenters. The van der Waals surface area contributed by atoms with Gasteiger partial charge in [0.25, 0.3) is 0 Å². The van der Waals surface area contributed by atoms with Gasteiger partial charge in [0, 0.05) is 11.3 Å². The van der Waals surface area contributed by atoms with Crippen LogP contribution < -0.4 is 0 Å². The van der Waals surface area contributed by atoms with E-state index in [1.807, 2.05) is 30.3 Å². The number of fused-ring (bicyclic) bond motifs is 1. The number of aliphatic carboxylic acids is 1. The van der Waals surface area contributed by atoms with Gasteiger partial charge in [0.15, 0.2) is 0 Å². The predicted molar refractivity (Wildman–Crippen MR) is 89.4 cm³/mol. The van der Waals surface area contributed by atoms with E-state index >= 15 is 0 Å². The number of hydrogen-bond donors (Lipinski definition) is 1. The Hall–Kier alpha value is -2.32. The molecule has 2 aromatic rings. The van der Waals surface area contributed by atoms with Crippen LogP contribution in [0, 0.1) is 11.3 Å². The van der Waals surface area contributed by atoms with E-state index in [9.17, 15) is 10.1 Å². The molecule has 1 heterocycles. The maximum absolute atomic E-state index is 10.9. The molecule has 0 aliphatic heterocycles. The number of hydrogen-bond acceptors (Lipinski definition) is 4. The van der Waals surface area contributed by atoms with E-state index in [-0.39, 0.29) is 5.75 Å². The summed E-state index contributed by atoms with van der Waals surface area (Å²) >= 11 is 1.13. The van der Waals surface area contributed by atoms with Crippen molar-refractivity contribution in [1.82, 2.24) is 4.98 Å². The molecule has 1 aliphatic carbocycles. The molecule has 1 N–H and O–H groups in total. The van der Waals surface area contributed by atoms with Gasteiger partial charge in [-0.1, -0.05) is 42.1 Å². The van der Waals surface area contributed by atoms with Gasteiger partial charge in [-0.2, -0.15) is 5.26 Å². The largest absolute Gasteiger partial charge is 0.481 e. The van der Waals surface area contributed by atoms with Gasteiger partial charge in [-0.05, 0) is 36.8 Å². The minimum atomic E-state index is -0.903. The van der Waals surface area contributed by atoms with Crippen molar-refractivity contribution in [3.63, 3.8) is 0 Å². The third-order valence-corrected chi connectivity index (χ3v) is 4.91. The zero-order valence-corrected chi connectivity index (χ0v) is 13.4. The lowest BCUT2D eigenvalue weighted by Gasteiger charge is -2.21. The second kappa shape index (κ2) is 6.84. The molecular weight excluding hydrogens is 308 g/mol. The molecule has 0 bridgehead atoms. The third kappa shape index (κ3) is 3.22. The molecule has 0 fully saturated rings. The summed E-state index contributed by atoms with van der Waals surface area (Å²) < 4.78 is 0. The highest BCUT2D eigenvalue weighted by Crippen LogP contribution is 2.37. The van der Waals surface area contributed by atoms with Crippen molar-refractivity contribution in [2.24, 2.45) is 0 Å². The van der Waals surface area contributed by atoms with Crippen LogP contribution >= 0.6 is 11.8 Å². The minimum Gasteiger partial charge on any atom is -0.481 e. The molecular formula is C18H16N2O2S. The van der Waals surface area contributed by atoms with Crippen LogP contribution in [0.2, 0.25) is 0 Å². The first-order valence-corrected chi connectivity index (χ1v) is 8.55. The summed E-state index contributed by atoms with van der Waals surface area (Å²) in [5.74, 6) is -0.992. The number of nitriles is 1. The molecule has 0 atom stereocenters. The molecule has 5 heteroatoms. The Morgan fingerprint density at radius 3 is 2.70 bits per heavy atom. The maximum Gasteiger partial charge on any atom is 0.313 e. The van der Waals surface area contributed by atoms with Crippen LogP contribution in [0.5, 0.6) is 0 Å². The fourth-order valence-electron chi connectivity index (χ4n) is 2.98. The molecule has 1 aromatic carbocycles. The normalized spacial score (nSPS) is 13.2. The SMILES string of the molecule is N#Cc1c(SCC(=O)O)nc2c(c1-c1ccccc1)CCCC2. The van der Waals surface area contributed by atoms with Crippen LogP contribution in [0.1, 0.15) is 29.7 Å². The Kier molecular flexibility index (Phi) is 4.63. The average Bonchev–Trinajstić information content (AvgIpc) is 2.59. The number of pyridine rings is 1. The van der Waals surface area contributed by atoms with Crippen LogP contribution in [0.3, 0.4) is 0 Å². The molecule has 1 aliphatic rings. The number of thioether (sulfide) groups is 1. The average molecular weight is 324 g/mol. The Morgan fingerprint density at radius 2 is 2.00 bits per heavy atom. The first kappa shape index (κ1) is 15.6. The topological polar surface area (TPSA) is 74.0 Å². The Bertz CT molecular complexity index is 782. The molecule has 0 radical (unpaired) electrons. The quantitative estimate of drug-likeness (QED) is 0.869. The molecule has 1 aromatic heterocycles. The van der Waals surface area contributed by atoms with E-state index in [0.29, 0.717) is 10.6 Å². The summed E-state index contributed by atoms with van der Waals surface area (Å²) in [7, 11) is 0. The molecule has 3 rings (SSSR count). The summed E-state index contributed by atoms with van der Waals surface area (Å²) in [5.41, 5.74) is 4.61. The summed E-state index contributed by atoms with van der Waals surface area (Å²) in [6.07, 6.45) is 4.00. The number of carboxylic acids is 1. The third-order valence-electron chi connectivity index (χ3n) is 3.95. The molecule has 116 valence electrons. The number of carbonyl (C=O) groups is 1. The van der Waals surface area contributed by atoms with E-state index in [4.69, 9.17) is 5.11 Å². The minimum absolute atomic E-state index is 0.0886. The van der Waals surface area contributed by atoms with E-state index < -0.39 is 5.97 Å². The van der Waals surface area contributed by atoms with Gasteiger partial charge in [-0.3, -0.25) is 4.79 Å². The van der Waals surface area contributed by atoms with Crippen molar-refractivity contribution < 1.29 is 9.90 Å². The van der Waals surface area contributed by atoms with Crippen LogP contribution in [0.25, 0.3) is 11.1 Å². The van der Waals surface area contributed by atoms with Crippen LogP contribution in [-0.4, -0.2) is 21.8 Å². The van der Waals surface area contributed by atoms with Gasteiger partial charge in [0.1, 0.15) is 11.1 Å². The fourth-order valence-corrected chi connectivity index (χ4v) is 3.71. The highest BCUT2D eigenvalue weighted by atomic mass is 32.2. The number of carboxylic acid groups (broad SMARTS) is 1. The second-order valence-corrected chi connectivity index (χ2v) is 6.42. The number of benzene rings is 1. The van der Waals surface area contributed by atoms with Crippen molar-refractivity contribution in [2.75, 3.05) is 5.75 Å². The number of rotatable bonds is 4. The van der Waals surface area contributed by atoms with E-state index in [1.165, 1.54) is 0 Å². The van der Waals surface area contributed by atoms with Crippen molar-refractivity contribution in [3.8, 4) is 17.2 Å². The van der Waals surface area contributed by atoms with Crippen molar-refractivity contribution in [1.29, 1.82) is 5.26 Å². The zero-order valence-electron chi connectivity index (χ0n) is 12.6. The summed E-state index contributed by atoms with van der Waals surface area (Å²) in [6.45, 7) is 0. The molecule has 0 spiro atoms. The summed E-state index contributed by atoms with van der Waals surface area (Å²) in [4.78, 5) is 15.5. The van der Waals surface area contributed by atoms with Crippen molar-refractivity contribution in [2.45, 2.75) is 30.7 Å². The molecule has 4 nitrogen and oxygen atoms in total. The highest BCUT2D eigenvalue weighted by molar-refractivity contribution is 7.99. The van der Waals surface area contributed by atoms with Gasteiger partial charge < -0.3 is 5.11 Å². The first-order chi connectivity index (χ1) is 11.2. The smallest absolute Gasteiger partial charge is 0.313 e. The Morgan fingerprint density at radius 1 is 1.26 bits per heavy atom. The standard InChI is InChI=1S/C18H16N2O2S/c19-10-14-17(12-6-2-1-3-7-12)13-8-4-5-9-15(13)20-18(14)23-11-16(21)22/h1-3,6-7H,4-5,8-9,11H2,(H,21,22). The van der Waals surface area contributed by atoms with Gasteiger partial charge in [0.2, 0.25) is 0 Å². The lowest BCUT2D eigenvalue weighted by Crippen LogP contribution is -2.11. The lowest BCUT2D eigenvalue weighted by molar-refractivity contribution is -0.133. The number of nitrogens with zero attached hydrogens (tertiary/aromatic N) is 2. The lowest BCUT2D eigenvalue weighted by atomic mass is 9.87. The first-order valence-electron chi connectivity index (χ1n) is 7.56. The van der Waals surface area contributed by atoms with Gasteiger partial charge in [0.05, 0.1) is 11.3 Å². The van der Waals surface area contributed by atoms with Crippen molar-refractivity contribution >= 4 is 17.7 Å². The van der Waals surface area contributed by atoms with Gasteiger partial charge >= 0.3 is 5.97 Å². The van der Waals surface area contributed by atoms with Gasteiger partial charge in [-0.25, -0.2) is 4.98 Å². The highest BCUT2D eigenvalue weighted by Gasteiger charge is 2.23. The monoisotopic (exact) mass is 324 g/mol. The van der Waals surface area contributed by atoms with Gasteiger partial charge in [-0.15, -0.1) is 0 Å². The molecule has 0 saturated carbocycles. The van der Waals surface area contributed by atoms with Crippen LogP contribution in [-0.2, 0) is 17.6 Å². The molecule has 0 saturated heterocycles.